The minimum Gasteiger partial charge on any atom is -0.497 e. The Morgan fingerprint density at radius 1 is 1.29 bits per heavy atom. The molecule has 0 amide bonds. The smallest absolute Gasteiger partial charge is 0.119 e. The van der Waals surface area contributed by atoms with Crippen molar-refractivity contribution in [1.29, 1.82) is 0 Å². The molecule has 1 aromatic rings. The van der Waals surface area contributed by atoms with Crippen molar-refractivity contribution in [3.63, 3.8) is 0 Å². The lowest BCUT2D eigenvalue weighted by atomic mass is 10.1. The van der Waals surface area contributed by atoms with Gasteiger partial charge in [0.15, 0.2) is 0 Å². The highest BCUT2D eigenvalue weighted by atomic mass is 79.9. The van der Waals surface area contributed by atoms with Gasteiger partial charge >= 0.3 is 0 Å². The van der Waals surface area contributed by atoms with Gasteiger partial charge in [0.1, 0.15) is 5.75 Å². The van der Waals surface area contributed by atoms with Crippen molar-refractivity contribution in [1.82, 2.24) is 0 Å². The fraction of sp³-hybridized carbons (Fsp3) is 0.571. The van der Waals surface area contributed by atoms with Crippen LogP contribution in [0.2, 0.25) is 0 Å². The van der Waals surface area contributed by atoms with Crippen LogP contribution < -0.4 is 4.74 Å². The zero-order valence-corrected chi connectivity index (χ0v) is 12.4. The molecular formula is C14H21BrO2. The van der Waals surface area contributed by atoms with Crippen molar-refractivity contribution < 1.29 is 9.47 Å². The van der Waals surface area contributed by atoms with Crippen LogP contribution in [0.5, 0.6) is 5.75 Å². The lowest BCUT2D eigenvalue weighted by Crippen LogP contribution is -2.08. The van der Waals surface area contributed by atoms with E-state index in [0.717, 1.165) is 29.7 Å². The van der Waals surface area contributed by atoms with E-state index in [9.17, 15) is 0 Å². The molecule has 17 heavy (non-hydrogen) atoms. The van der Waals surface area contributed by atoms with Crippen LogP contribution in [0.15, 0.2) is 24.3 Å². The predicted molar refractivity (Wildman–Crippen MR) is 74.9 cm³/mol. The van der Waals surface area contributed by atoms with Crippen molar-refractivity contribution in [3.05, 3.63) is 29.8 Å². The Morgan fingerprint density at radius 2 is 2.06 bits per heavy atom. The predicted octanol–water partition coefficient (Wildman–Crippen LogP) is 4.19. The molecule has 0 saturated heterocycles. The molecule has 0 aliphatic heterocycles. The van der Waals surface area contributed by atoms with E-state index < -0.39 is 0 Å². The quantitative estimate of drug-likeness (QED) is 0.703. The molecule has 0 aromatic heterocycles. The molecule has 0 aliphatic carbocycles. The summed E-state index contributed by atoms with van der Waals surface area (Å²) in [6, 6.07) is 8.05. The first kappa shape index (κ1) is 14.5. The maximum atomic E-state index is 5.89. The zero-order chi connectivity index (χ0) is 12.7. The molecule has 0 spiro atoms. The summed E-state index contributed by atoms with van der Waals surface area (Å²) in [4.78, 5) is 0. The monoisotopic (exact) mass is 300 g/mol. The van der Waals surface area contributed by atoms with Crippen LogP contribution in [0.4, 0.5) is 0 Å². The summed E-state index contributed by atoms with van der Waals surface area (Å²) in [6.45, 7) is 5.21. The van der Waals surface area contributed by atoms with Crippen molar-refractivity contribution in [2.45, 2.75) is 26.4 Å². The van der Waals surface area contributed by atoms with E-state index in [1.165, 1.54) is 0 Å². The normalized spacial score (nSPS) is 12.8. The average molecular weight is 301 g/mol. The van der Waals surface area contributed by atoms with Crippen LogP contribution in [-0.4, -0.2) is 19.0 Å². The summed E-state index contributed by atoms with van der Waals surface area (Å²) in [5, 5.41) is 0.804. The number of ether oxygens (including phenoxy) is 2. The van der Waals surface area contributed by atoms with Crippen LogP contribution >= 0.6 is 15.9 Å². The Hall–Kier alpha value is -0.540. The standard InChI is InChI=1S/C14H21BrO2/c1-11(2)7-8-17-14(10-15)12-5-4-6-13(9-12)16-3/h4-6,9,11,14H,7-8,10H2,1-3H3. The highest BCUT2D eigenvalue weighted by molar-refractivity contribution is 9.09. The molecule has 0 aliphatic rings. The van der Waals surface area contributed by atoms with E-state index in [-0.39, 0.29) is 6.10 Å². The second-order valence-corrected chi connectivity index (χ2v) is 5.12. The first-order chi connectivity index (χ1) is 8.17. The fourth-order valence-corrected chi connectivity index (χ4v) is 2.08. The summed E-state index contributed by atoms with van der Waals surface area (Å²) in [7, 11) is 1.68. The molecule has 1 unspecified atom stereocenters. The number of methoxy groups -OCH3 is 1. The third-order valence-corrected chi connectivity index (χ3v) is 3.21. The largest absolute Gasteiger partial charge is 0.497 e. The molecule has 96 valence electrons. The molecule has 2 nitrogen and oxygen atoms in total. The van der Waals surface area contributed by atoms with Gasteiger partial charge in [0.2, 0.25) is 0 Å². The average Bonchev–Trinajstić information content (AvgIpc) is 2.34. The molecule has 1 aromatic carbocycles. The van der Waals surface area contributed by atoms with Crippen LogP contribution in [0, 0.1) is 5.92 Å². The van der Waals surface area contributed by atoms with Gasteiger partial charge in [-0.2, -0.15) is 0 Å². The zero-order valence-electron chi connectivity index (χ0n) is 10.8. The molecular weight excluding hydrogens is 280 g/mol. The van der Waals surface area contributed by atoms with E-state index >= 15 is 0 Å². The second-order valence-electron chi connectivity index (χ2n) is 4.47. The van der Waals surface area contributed by atoms with Gasteiger partial charge in [-0.1, -0.05) is 41.9 Å². The van der Waals surface area contributed by atoms with Crippen LogP contribution in [0.1, 0.15) is 31.9 Å². The first-order valence-electron chi connectivity index (χ1n) is 5.99. The minimum absolute atomic E-state index is 0.101. The second kappa shape index (κ2) is 7.72. The van der Waals surface area contributed by atoms with Crippen LogP contribution in [0.3, 0.4) is 0 Å². The number of halogens is 1. The highest BCUT2D eigenvalue weighted by Crippen LogP contribution is 2.24. The van der Waals surface area contributed by atoms with Gasteiger partial charge < -0.3 is 9.47 Å². The number of benzene rings is 1. The van der Waals surface area contributed by atoms with Gasteiger partial charge in [-0.15, -0.1) is 0 Å². The minimum atomic E-state index is 0.101. The van der Waals surface area contributed by atoms with Crippen molar-refractivity contribution in [2.75, 3.05) is 19.0 Å². The Bertz CT molecular complexity index is 326. The van der Waals surface area contributed by atoms with Crippen molar-refractivity contribution in [2.24, 2.45) is 5.92 Å². The third-order valence-electron chi connectivity index (χ3n) is 2.62. The number of rotatable bonds is 7. The SMILES string of the molecule is COc1cccc(C(CBr)OCCC(C)C)c1. The van der Waals surface area contributed by atoms with Gasteiger partial charge in [-0.3, -0.25) is 0 Å². The molecule has 1 atom stereocenters. The summed E-state index contributed by atoms with van der Waals surface area (Å²) in [6.07, 6.45) is 1.19. The fourth-order valence-electron chi connectivity index (χ4n) is 1.52. The van der Waals surface area contributed by atoms with Crippen LogP contribution in [-0.2, 0) is 4.74 Å². The molecule has 0 bridgehead atoms. The van der Waals surface area contributed by atoms with E-state index in [4.69, 9.17) is 9.47 Å². The Morgan fingerprint density at radius 3 is 2.65 bits per heavy atom. The maximum absolute atomic E-state index is 5.89. The molecule has 3 heteroatoms. The van der Waals surface area contributed by atoms with Gasteiger partial charge in [-0.05, 0) is 30.0 Å². The Kier molecular flexibility index (Phi) is 6.60. The first-order valence-corrected chi connectivity index (χ1v) is 7.11. The molecule has 0 heterocycles. The van der Waals surface area contributed by atoms with Crippen molar-refractivity contribution >= 4 is 15.9 Å². The van der Waals surface area contributed by atoms with Crippen molar-refractivity contribution in [3.8, 4) is 5.75 Å². The summed E-state index contributed by atoms with van der Waals surface area (Å²) < 4.78 is 11.1. The molecule has 0 N–H and O–H groups in total. The summed E-state index contributed by atoms with van der Waals surface area (Å²) >= 11 is 3.50. The molecule has 0 saturated carbocycles. The van der Waals surface area contributed by atoms with Gasteiger partial charge in [0, 0.05) is 11.9 Å². The summed E-state index contributed by atoms with van der Waals surface area (Å²) in [5.41, 5.74) is 1.16. The van der Waals surface area contributed by atoms with E-state index in [2.05, 4.69) is 35.8 Å². The Balaban J connectivity index is 2.59. The number of hydrogen-bond acceptors (Lipinski definition) is 2. The Labute approximate surface area is 112 Å². The van der Waals surface area contributed by atoms with E-state index in [1.807, 2.05) is 18.2 Å². The highest BCUT2D eigenvalue weighted by Gasteiger charge is 2.11. The van der Waals surface area contributed by atoms with Gasteiger partial charge in [0.05, 0.1) is 13.2 Å². The molecule has 0 radical (unpaired) electrons. The number of alkyl halides is 1. The topological polar surface area (TPSA) is 18.5 Å². The molecule has 1 rings (SSSR count). The number of hydrogen-bond donors (Lipinski definition) is 0. The van der Waals surface area contributed by atoms with Gasteiger partial charge in [-0.25, -0.2) is 0 Å². The lowest BCUT2D eigenvalue weighted by Gasteiger charge is -2.17. The van der Waals surface area contributed by atoms with E-state index in [1.54, 1.807) is 7.11 Å². The lowest BCUT2D eigenvalue weighted by molar-refractivity contribution is 0.0621. The third kappa shape index (κ3) is 5.09. The van der Waals surface area contributed by atoms with E-state index in [0.29, 0.717) is 5.92 Å². The van der Waals surface area contributed by atoms with Crippen LogP contribution in [0.25, 0.3) is 0 Å². The summed E-state index contributed by atoms with van der Waals surface area (Å²) in [5.74, 6) is 1.55. The molecule has 0 fully saturated rings. The van der Waals surface area contributed by atoms with Gasteiger partial charge in [0.25, 0.3) is 0 Å². The maximum Gasteiger partial charge on any atom is 0.119 e.